The molecule has 1 N–H and O–H groups in total. The fourth-order valence-corrected chi connectivity index (χ4v) is 4.02. The number of hydrogen-bond acceptors (Lipinski definition) is 3. The summed E-state index contributed by atoms with van der Waals surface area (Å²) in [4.78, 5) is 17.0. The van der Waals surface area contributed by atoms with Crippen LogP contribution >= 0.6 is 11.6 Å². The van der Waals surface area contributed by atoms with Gasteiger partial charge in [-0.1, -0.05) is 36.9 Å². The second-order valence-corrected chi connectivity index (χ2v) is 7.58. The zero-order chi connectivity index (χ0) is 16.8. The molecule has 3 rings (SSSR count). The number of anilines is 1. The van der Waals surface area contributed by atoms with Crippen molar-refractivity contribution < 1.29 is 4.79 Å². The van der Waals surface area contributed by atoms with Crippen molar-refractivity contribution in [3.8, 4) is 0 Å². The van der Waals surface area contributed by atoms with Crippen molar-refractivity contribution in [2.24, 2.45) is 5.92 Å². The van der Waals surface area contributed by atoms with E-state index in [2.05, 4.69) is 15.1 Å². The molecule has 2 aliphatic rings. The van der Waals surface area contributed by atoms with E-state index in [-0.39, 0.29) is 5.91 Å². The number of nitrogens with zero attached hydrogens (tertiary/aromatic N) is 2. The minimum atomic E-state index is 0.0398. The molecule has 2 fully saturated rings. The number of benzene rings is 1. The maximum atomic E-state index is 12.2. The monoisotopic (exact) mass is 349 g/mol. The van der Waals surface area contributed by atoms with Gasteiger partial charge < -0.3 is 10.2 Å². The van der Waals surface area contributed by atoms with Crippen LogP contribution in [0.1, 0.15) is 32.1 Å². The van der Waals surface area contributed by atoms with Crippen LogP contribution in [0.15, 0.2) is 24.3 Å². The highest BCUT2D eigenvalue weighted by Crippen LogP contribution is 2.24. The highest BCUT2D eigenvalue weighted by Gasteiger charge is 2.22. The molecule has 1 amide bonds. The maximum absolute atomic E-state index is 12.2. The van der Waals surface area contributed by atoms with Gasteiger partial charge >= 0.3 is 0 Å². The number of hydrogen-bond donors (Lipinski definition) is 1. The standard InChI is InChI=1S/C19H28ClN3O/c20-17-7-4-8-18(13-17)21-19(24)15-23-11-9-22(10-12-23)14-16-5-2-1-3-6-16/h4,7-8,13,16H,1-3,5-6,9-12,14-15H2,(H,21,24). The first-order chi connectivity index (χ1) is 11.7. The van der Waals surface area contributed by atoms with Gasteiger partial charge in [0.2, 0.25) is 5.91 Å². The molecule has 1 aromatic carbocycles. The number of rotatable bonds is 5. The van der Waals surface area contributed by atoms with Crippen LogP contribution in [0.3, 0.4) is 0 Å². The van der Waals surface area contributed by atoms with Gasteiger partial charge in [0.05, 0.1) is 6.54 Å². The predicted octanol–water partition coefficient (Wildman–Crippen LogP) is 3.48. The topological polar surface area (TPSA) is 35.6 Å². The average Bonchev–Trinajstić information content (AvgIpc) is 2.57. The minimum absolute atomic E-state index is 0.0398. The summed E-state index contributed by atoms with van der Waals surface area (Å²) >= 11 is 5.95. The van der Waals surface area contributed by atoms with E-state index >= 15 is 0 Å². The Labute approximate surface area is 150 Å². The molecule has 4 nitrogen and oxygen atoms in total. The summed E-state index contributed by atoms with van der Waals surface area (Å²) in [5.74, 6) is 0.939. The Balaban J connectivity index is 1.37. The summed E-state index contributed by atoms with van der Waals surface area (Å²) in [6, 6.07) is 7.30. The van der Waals surface area contributed by atoms with Gasteiger partial charge in [0.25, 0.3) is 0 Å². The minimum Gasteiger partial charge on any atom is -0.325 e. The van der Waals surface area contributed by atoms with Crippen molar-refractivity contribution in [1.29, 1.82) is 0 Å². The van der Waals surface area contributed by atoms with E-state index in [1.807, 2.05) is 18.2 Å². The van der Waals surface area contributed by atoms with E-state index in [0.29, 0.717) is 11.6 Å². The molecule has 0 spiro atoms. The summed E-state index contributed by atoms with van der Waals surface area (Å²) in [6.07, 6.45) is 7.05. The normalized spacial score (nSPS) is 20.9. The third-order valence-corrected chi connectivity index (χ3v) is 5.42. The van der Waals surface area contributed by atoms with E-state index in [4.69, 9.17) is 11.6 Å². The summed E-state index contributed by atoms with van der Waals surface area (Å²) in [5.41, 5.74) is 0.767. The van der Waals surface area contributed by atoms with Crippen molar-refractivity contribution >= 4 is 23.2 Å². The summed E-state index contributed by atoms with van der Waals surface area (Å²) in [5, 5.41) is 3.57. The maximum Gasteiger partial charge on any atom is 0.238 e. The number of nitrogens with one attached hydrogen (secondary N) is 1. The summed E-state index contributed by atoms with van der Waals surface area (Å²) < 4.78 is 0. The molecular formula is C19H28ClN3O. The molecule has 1 aromatic rings. The van der Waals surface area contributed by atoms with Gasteiger partial charge in [-0.3, -0.25) is 9.69 Å². The Hall–Kier alpha value is -1.10. The van der Waals surface area contributed by atoms with Crippen molar-refractivity contribution in [2.45, 2.75) is 32.1 Å². The van der Waals surface area contributed by atoms with Crippen LogP contribution < -0.4 is 5.32 Å². The van der Waals surface area contributed by atoms with Crippen LogP contribution in [0.5, 0.6) is 0 Å². The molecule has 1 aliphatic heterocycles. The molecular weight excluding hydrogens is 322 g/mol. The van der Waals surface area contributed by atoms with E-state index in [0.717, 1.165) is 37.8 Å². The van der Waals surface area contributed by atoms with E-state index in [1.165, 1.54) is 38.6 Å². The highest BCUT2D eigenvalue weighted by atomic mass is 35.5. The molecule has 0 bridgehead atoms. The molecule has 0 aromatic heterocycles. The lowest BCUT2D eigenvalue weighted by molar-refractivity contribution is -0.117. The molecule has 1 saturated carbocycles. The van der Waals surface area contributed by atoms with Gasteiger partial charge in [0.15, 0.2) is 0 Å². The Morgan fingerprint density at radius 1 is 1.08 bits per heavy atom. The smallest absolute Gasteiger partial charge is 0.238 e. The zero-order valence-corrected chi connectivity index (χ0v) is 15.1. The fraction of sp³-hybridized carbons (Fsp3) is 0.632. The average molecular weight is 350 g/mol. The Morgan fingerprint density at radius 2 is 1.79 bits per heavy atom. The van der Waals surface area contributed by atoms with Gasteiger partial charge in [-0.15, -0.1) is 0 Å². The van der Waals surface area contributed by atoms with Gasteiger partial charge in [-0.05, 0) is 37.0 Å². The van der Waals surface area contributed by atoms with Crippen molar-refractivity contribution in [1.82, 2.24) is 9.80 Å². The van der Waals surface area contributed by atoms with Crippen LogP contribution in [0, 0.1) is 5.92 Å². The van der Waals surface area contributed by atoms with Crippen molar-refractivity contribution in [3.63, 3.8) is 0 Å². The molecule has 0 atom stereocenters. The third kappa shape index (κ3) is 5.47. The van der Waals surface area contributed by atoms with E-state index in [9.17, 15) is 4.79 Å². The number of carbonyl (C=O) groups excluding carboxylic acids is 1. The molecule has 0 radical (unpaired) electrons. The molecule has 0 unspecified atom stereocenters. The largest absolute Gasteiger partial charge is 0.325 e. The molecule has 1 heterocycles. The van der Waals surface area contributed by atoms with Crippen LogP contribution in [-0.4, -0.2) is 55.0 Å². The fourth-order valence-electron chi connectivity index (χ4n) is 3.83. The molecule has 1 saturated heterocycles. The van der Waals surface area contributed by atoms with E-state index in [1.54, 1.807) is 6.07 Å². The van der Waals surface area contributed by atoms with Crippen LogP contribution in [-0.2, 0) is 4.79 Å². The van der Waals surface area contributed by atoms with Crippen LogP contribution in [0.4, 0.5) is 5.69 Å². The number of piperazine rings is 1. The molecule has 1 aliphatic carbocycles. The molecule has 5 heteroatoms. The van der Waals surface area contributed by atoms with Gasteiger partial charge in [-0.2, -0.15) is 0 Å². The van der Waals surface area contributed by atoms with Crippen LogP contribution in [0.2, 0.25) is 5.02 Å². The Morgan fingerprint density at radius 3 is 2.50 bits per heavy atom. The Bertz CT molecular complexity index is 537. The number of halogens is 1. The van der Waals surface area contributed by atoms with Gasteiger partial charge in [-0.25, -0.2) is 0 Å². The predicted molar refractivity (Wildman–Crippen MR) is 99.5 cm³/mol. The van der Waals surface area contributed by atoms with E-state index < -0.39 is 0 Å². The lowest BCUT2D eigenvalue weighted by atomic mass is 9.89. The first-order valence-corrected chi connectivity index (χ1v) is 9.57. The SMILES string of the molecule is O=C(CN1CCN(CC2CCCCC2)CC1)Nc1cccc(Cl)c1. The number of carbonyl (C=O) groups is 1. The zero-order valence-electron chi connectivity index (χ0n) is 14.3. The van der Waals surface area contributed by atoms with Crippen LogP contribution in [0.25, 0.3) is 0 Å². The van der Waals surface area contributed by atoms with Crippen molar-refractivity contribution in [3.05, 3.63) is 29.3 Å². The summed E-state index contributed by atoms with van der Waals surface area (Å²) in [6.45, 7) is 5.85. The lowest BCUT2D eigenvalue weighted by Crippen LogP contribution is -2.49. The van der Waals surface area contributed by atoms with Gasteiger partial charge in [0.1, 0.15) is 0 Å². The molecule has 24 heavy (non-hydrogen) atoms. The van der Waals surface area contributed by atoms with Gasteiger partial charge in [0, 0.05) is 43.4 Å². The number of amides is 1. The summed E-state index contributed by atoms with van der Waals surface area (Å²) in [7, 11) is 0. The second-order valence-electron chi connectivity index (χ2n) is 7.14. The second kappa shape index (κ2) is 8.84. The first-order valence-electron chi connectivity index (χ1n) is 9.19. The third-order valence-electron chi connectivity index (χ3n) is 5.18. The Kier molecular flexibility index (Phi) is 6.52. The molecule has 132 valence electrons. The lowest BCUT2D eigenvalue weighted by Gasteiger charge is -2.37. The van der Waals surface area contributed by atoms with Crippen molar-refractivity contribution in [2.75, 3.05) is 44.6 Å². The first kappa shape index (κ1) is 17.7. The quantitative estimate of drug-likeness (QED) is 0.884. The highest BCUT2D eigenvalue weighted by molar-refractivity contribution is 6.30.